The Hall–Kier alpha value is -0.610. The van der Waals surface area contributed by atoms with E-state index >= 15 is 0 Å². The topological polar surface area (TPSA) is 41.6 Å². The van der Waals surface area contributed by atoms with Gasteiger partial charge >= 0.3 is 5.97 Å². The van der Waals surface area contributed by atoms with Gasteiger partial charge in [-0.2, -0.15) is 0 Å². The molecule has 1 saturated carbocycles. The summed E-state index contributed by atoms with van der Waals surface area (Å²) in [4.78, 5) is 14.0. The molecule has 2 atom stereocenters. The zero-order valence-electron chi connectivity index (χ0n) is 13.8. The van der Waals surface area contributed by atoms with E-state index in [0.717, 1.165) is 31.5 Å². The fourth-order valence-electron chi connectivity index (χ4n) is 3.62. The van der Waals surface area contributed by atoms with Crippen molar-refractivity contribution in [1.29, 1.82) is 0 Å². The average molecular weight is 296 g/mol. The van der Waals surface area contributed by atoms with Gasteiger partial charge in [-0.3, -0.25) is 9.69 Å². The number of nitrogens with one attached hydrogen (secondary N) is 1. The lowest BCUT2D eigenvalue weighted by Crippen LogP contribution is -2.51. The van der Waals surface area contributed by atoms with E-state index in [1.165, 1.54) is 38.5 Å². The van der Waals surface area contributed by atoms with Crippen LogP contribution in [0.1, 0.15) is 52.4 Å². The van der Waals surface area contributed by atoms with Crippen LogP contribution in [0.4, 0.5) is 0 Å². The molecular weight excluding hydrogens is 264 g/mol. The SMILES string of the molecule is CCCC1CC(NCC2CCC2)CN(CC(=O)OCC)C1. The van der Waals surface area contributed by atoms with Crippen molar-refractivity contribution in [2.24, 2.45) is 11.8 Å². The summed E-state index contributed by atoms with van der Waals surface area (Å²) in [7, 11) is 0. The summed E-state index contributed by atoms with van der Waals surface area (Å²) in [6.07, 6.45) is 7.95. The molecule has 1 aliphatic carbocycles. The fraction of sp³-hybridized carbons (Fsp3) is 0.941. The number of hydrogen-bond donors (Lipinski definition) is 1. The fourth-order valence-corrected chi connectivity index (χ4v) is 3.62. The van der Waals surface area contributed by atoms with Crippen molar-refractivity contribution in [2.75, 3.05) is 32.8 Å². The first-order valence-corrected chi connectivity index (χ1v) is 8.82. The molecule has 1 heterocycles. The van der Waals surface area contributed by atoms with Crippen LogP contribution >= 0.6 is 0 Å². The predicted octanol–water partition coefficient (Wildman–Crippen LogP) is 2.43. The first-order valence-electron chi connectivity index (χ1n) is 8.82. The molecule has 21 heavy (non-hydrogen) atoms. The van der Waals surface area contributed by atoms with Crippen LogP contribution in [0, 0.1) is 11.8 Å². The molecule has 0 radical (unpaired) electrons. The van der Waals surface area contributed by atoms with E-state index in [0.29, 0.717) is 19.2 Å². The quantitative estimate of drug-likeness (QED) is 0.699. The lowest BCUT2D eigenvalue weighted by atomic mass is 9.84. The number of carbonyl (C=O) groups is 1. The number of carbonyl (C=O) groups excluding carboxylic acids is 1. The minimum atomic E-state index is -0.0765. The number of piperidine rings is 1. The standard InChI is InChI=1S/C17H32N2O2/c1-3-6-15-9-16(18-10-14-7-5-8-14)12-19(11-15)13-17(20)21-4-2/h14-16,18H,3-13H2,1-2H3. The molecule has 0 aromatic carbocycles. The molecule has 0 amide bonds. The summed E-state index contributed by atoms with van der Waals surface area (Å²) in [5.74, 6) is 1.54. The molecule has 0 aromatic heterocycles. The van der Waals surface area contributed by atoms with Crippen LogP contribution in [0.2, 0.25) is 0 Å². The summed E-state index contributed by atoms with van der Waals surface area (Å²) in [5.41, 5.74) is 0. The lowest BCUT2D eigenvalue weighted by molar-refractivity contribution is -0.145. The maximum absolute atomic E-state index is 11.7. The number of esters is 1. The van der Waals surface area contributed by atoms with Crippen LogP contribution in [-0.4, -0.2) is 49.7 Å². The van der Waals surface area contributed by atoms with Gasteiger partial charge in [-0.25, -0.2) is 0 Å². The Balaban J connectivity index is 1.79. The van der Waals surface area contributed by atoms with Crippen molar-refractivity contribution in [3.8, 4) is 0 Å². The summed E-state index contributed by atoms with van der Waals surface area (Å²) in [6, 6.07) is 0.547. The minimum Gasteiger partial charge on any atom is -0.465 e. The summed E-state index contributed by atoms with van der Waals surface area (Å²) < 4.78 is 5.10. The Kier molecular flexibility index (Phi) is 6.97. The van der Waals surface area contributed by atoms with Gasteiger partial charge in [0.15, 0.2) is 0 Å². The molecule has 1 N–H and O–H groups in total. The van der Waals surface area contributed by atoms with Crippen LogP contribution in [-0.2, 0) is 9.53 Å². The highest BCUT2D eigenvalue weighted by Crippen LogP contribution is 2.26. The van der Waals surface area contributed by atoms with Crippen LogP contribution in [0.5, 0.6) is 0 Å². The maximum Gasteiger partial charge on any atom is 0.320 e. The molecule has 0 spiro atoms. The molecule has 2 unspecified atom stereocenters. The Morgan fingerprint density at radius 3 is 2.67 bits per heavy atom. The monoisotopic (exact) mass is 296 g/mol. The van der Waals surface area contributed by atoms with Gasteiger partial charge in [0.25, 0.3) is 0 Å². The lowest BCUT2D eigenvalue weighted by Gasteiger charge is -2.39. The van der Waals surface area contributed by atoms with E-state index in [9.17, 15) is 4.79 Å². The molecule has 2 aliphatic rings. The maximum atomic E-state index is 11.7. The van der Waals surface area contributed by atoms with E-state index in [2.05, 4.69) is 17.1 Å². The van der Waals surface area contributed by atoms with Crippen molar-refractivity contribution in [3.05, 3.63) is 0 Å². The molecule has 2 rings (SSSR count). The van der Waals surface area contributed by atoms with E-state index < -0.39 is 0 Å². The molecule has 2 fully saturated rings. The largest absolute Gasteiger partial charge is 0.465 e. The van der Waals surface area contributed by atoms with Crippen molar-refractivity contribution in [2.45, 2.75) is 58.4 Å². The molecule has 0 bridgehead atoms. The Morgan fingerprint density at radius 1 is 1.24 bits per heavy atom. The summed E-state index contributed by atoms with van der Waals surface area (Å²) in [6.45, 7) is 8.26. The summed E-state index contributed by atoms with van der Waals surface area (Å²) in [5, 5.41) is 3.75. The molecule has 4 nitrogen and oxygen atoms in total. The van der Waals surface area contributed by atoms with Crippen LogP contribution in [0.3, 0.4) is 0 Å². The van der Waals surface area contributed by atoms with Crippen molar-refractivity contribution < 1.29 is 9.53 Å². The molecular formula is C17H32N2O2. The van der Waals surface area contributed by atoms with Gasteiger partial charge in [0.1, 0.15) is 0 Å². The third-order valence-corrected chi connectivity index (χ3v) is 4.89. The number of hydrogen-bond acceptors (Lipinski definition) is 4. The second-order valence-electron chi connectivity index (χ2n) is 6.79. The smallest absolute Gasteiger partial charge is 0.320 e. The number of likely N-dealkylation sites (tertiary alicyclic amines) is 1. The average Bonchev–Trinajstić information content (AvgIpc) is 2.37. The van der Waals surface area contributed by atoms with Crippen molar-refractivity contribution in [1.82, 2.24) is 10.2 Å². The molecule has 122 valence electrons. The highest BCUT2D eigenvalue weighted by atomic mass is 16.5. The van der Waals surface area contributed by atoms with Crippen molar-refractivity contribution >= 4 is 5.97 Å². The first-order chi connectivity index (χ1) is 10.2. The number of ether oxygens (including phenoxy) is 1. The van der Waals surface area contributed by atoms with E-state index in [4.69, 9.17) is 4.74 Å². The Labute approximate surface area is 129 Å². The second kappa shape index (κ2) is 8.74. The van der Waals surface area contributed by atoms with Gasteiger partial charge in [0.05, 0.1) is 13.2 Å². The van der Waals surface area contributed by atoms with Crippen molar-refractivity contribution in [3.63, 3.8) is 0 Å². The van der Waals surface area contributed by atoms with Crippen LogP contribution < -0.4 is 5.32 Å². The third kappa shape index (κ3) is 5.59. The minimum absolute atomic E-state index is 0.0765. The second-order valence-corrected chi connectivity index (χ2v) is 6.79. The highest BCUT2D eigenvalue weighted by molar-refractivity contribution is 5.71. The van der Waals surface area contributed by atoms with Gasteiger partial charge in [-0.1, -0.05) is 19.8 Å². The Morgan fingerprint density at radius 2 is 2.05 bits per heavy atom. The number of nitrogens with zero attached hydrogens (tertiary/aromatic N) is 1. The van der Waals surface area contributed by atoms with Crippen LogP contribution in [0.25, 0.3) is 0 Å². The van der Waals surface area contributed by atoms with Crippen LogP contribution in [0.15, 0.2) is 0 Å². The molecule has 1 aliphatic heterocycles. The first kappa shape index (κ1) is 16.8. The highest BCUT2D eigenvalue weighted by Gasteiger charge is 2.29. The van der Waals surface area contributed by atoms with E-state index in [1.807, 2.05) is 6.92 Å². The molecule has 1 saturated heterocycles. The third-order valence-electron chi connectivity index (χ3n) is 4.89. The van der Waals surface area contributed by atoms with Gasteiger partial charge in [-0.15, -0.1) is 0 Å². The summed E-state index contributed by atoms with van der Waals surface area (Å²) >= 11 is 0. The zero-order chi connectivity index (χ0) is 15.1. The van der Waals surface area contributed by atoms with Gasteiger partial charge in [-0.05, 0) is 51.0 Å². The van der Waals surface area contributed by atoms with Gasteiger partial charge in [0, 0.05) is 19.1 Å². The predicted molar refractivity (Wildman–Crippen MR) is 85.2 cm³/mol. The van der Waals surface area contributed by atoms with Gasteiger partial charge < -0.3 is 10.1 Å². The number of rotatable bonds is 8. The molecule has 4 heteroatoms. The van der Waals surface area contributed by atoms with E-state index in [-0.39, 0.29) is 5.97 Å². The molecule has 0 aromatic rings. The zero-order valence-corrected chi connectivity index (χ0v) is 13.8. The van der Waals surface area contributed by atoms with Gasteiger partial charge in [0.2, 0.25) is 0 Å². The van der Waals surface area contributed by atoms with E-state index in [1.54, 1.807) is 0 Å². The normalized spacial score (nSPS) is 27.3. The Bertz CT molecular complexity index is 318.